The molecule has 0 bridgehead atoms. The van der Waals surface area contributed by atoms with Crippen molar-refractivity contribution >= 4 is 57.3 Å². The van der Waals surface area contributed by atoms with Crippen LogP contribution in [0.2, 0.25) is 0 Å². The van der Waals surface area contributed by atoms with Gasteiger partial charge in [0.2, 0.25) is 0 Å². The molecular weight excluding hydrogens is 322 g/mol. The lowest BCUT2D eigenvalue weighted by atomic mass is 10.1. The zero-order chi connectivity index (χ0) is 15.7. The number of aromatic nitrogens is 2. The van der Waals surface area contributed by atoms with Gasteiger partial charge >= 0.3 is 5.97 Å². The molecule has 1 N–H and O–H groups in total. The van der Waals surface area contributed by atoms with Gasteiger partial charge in [-0.1, -0.05) is 36.1 Å². The van der Waals surface area contributed by atoms with Crippen molar-refractivity contribution in [2.24, 2.45) is 0 Å². The van der Waals surface area contributed by atoms with Crippen LogP contribution in [-0.2, 0) is 9.59 Å². The number of benzene rings is 1. The van der Waals surface area contributed by atoms with Gasteiger partial charge in [-0.2, -0.15) is 0 Å². The van der Waals surface area contributed by atoms with Gasteiger partial charge in [0.1, 0.15) is 10.9 Å². The highest BCUT2D eigenvalue weighted by Crippen LogP contribution is 2.33. The Morgan fingerprint density at radius 3 is 2.91 bits per heavy atom. The van der Waals surface area contributed by atoms with Gasteiger partial charge < -0.3 is 5.11 Å². The Bertz CT molecular complexity index is 830. The molecule has 1 fully saturated rings. The van der Waals surface area contributed by atoms with Crippen LogP contribution < -0.4 is 0 Å². The maximum absolute atomic E-state index is 12.2. The summed E-state index contributed by atoms with van der Waals surface area (Å²) < 4.78 is 0.241. The van der Waals surface area contributed by atoms with Gasteiger partial charge in [0, 0.05) is 18.0 Å². The van der Waals surface area contributed by atoms with Crippen LogP contribution >= 0.6 is 24.0 Å². The molecule has 1 aromatic heterocycles. The van der Waals surface area contributed by atoms with Gasteiger partial charge in [-0.3, -0.25) is 24.5 Å². The summed E-state index contributed by atoms with van der Waals surface area (Å²) in [6, 6.07) is 5.47. The molecule has 2 aromatic rings. The Kier molecular flexibility index (Phi) is 3.86. The molecule has 0 aliphatic carbocycles. The van der Waals surface area contributed by atoms with Crippen LogP contribution in [-0.4, -0.2) is 42.7 Å². The lowest BCUT2D eigenvalue weighted by Gasteiger charge is -2.10. The third-order valence-electron chi connectivity index (χ3n) is 2.98. The molecule has 1 aliphatic rings. The van der Waals surface area contributed by atoms with Crippen LogP contribution in [0.5, 0.6) is 0 Å². The number of carbonyl (C=O) groups excluding carboxylic acids is 1. The summed E-state index contributed by atoms with van der Waals surface area (Å²) in [5.41, 5.74) is 2.13. The second-order valence-electron chi connectivity index (χ2n) is 4.43. The van der Waals surface area contributed by atoms with Gasteiger partial charge in [0.15, 0.2) is 0 Å². The molecule has 0 unspecified atom stereocenters. The van der Waals surface area contributed by atoms with E-state index in [1.54, 1.807) is 18.5 Å². The molecule has 8 heteroatoms. The first-order valence-corrected chi connectivity index (χ1v) is 7.45. The number of carbonyl (C=O) groups is 2. The lowest BCUT2D eigenvalue weighted by molar-refractivity contribution is -0.140. The number of carboxylic acid groups (broad SMARTS) is 1. The van der Waals surface area contributed by atoms with Crippen molar-refractivity contribution in [2.45, 2.75) is 0 Å². The van der Waals surface area contributed by atoms with E-state index in [1.165, 1.54) is 0 Å². The summed E-state index contributed by atoms with van der Waals surface area (Å²) in [5, 5.41) is 8.83. The Labute approximate surface area is 134 Å². The first-order valence-electron chi connectivity index (χ1n) is 6.23. The number of amides is 1. The highest BCUT2D eigenvalue weighted by Gasteiger charge is 2.33. The minimum Gasteiger partial charge on any atom is -0.480 e. The molecule has 1 amide bonds. The smallest absolute Gasteiger partial charge is 0.323 e. The molecule has 110 valence electrons. The number of aliphatic carboxylic acids is 1. The number of hydrogen-bond donors (Lipinski definition) is 1. The van der Waals surface area contributed by atoms with E-state index in [0.717, 1.165) is 27.7 Å². The SMILES string of the molecule is O=C(O)CN1C(=O)/C(=C/c2cccc3nccnc23)SC1=S. The third-order valence-corrected chi connectivity index (χ3v) is 4.36. The summed E-state index contributed by atoms with van der Waals surface area (Å²) in [4.78, 5) is 33.0. The summed E-state index contributed by atoms with van der Waals surface area (Å²) in [7, 11) is 0. The number of carboxylic acids is 1. The van der Waals surface area contributed by atoms with Crippen LogP contribution in [0.15, 0.2) is 35.5 Å². The minimum absolute atomic E-state index is 0.241. The second kappa shape index (κ2) is 5.82. The van der Waals surface area contributed by atoms with E-state index in [2.05, 4.69) is 9.97 Å². The number of nitrogens with zero attached hydrogens (tertiary/aromatic N) is 3. The molecule has 0 spiro atoms. The largest absolute Gasteiger partial charge is 0.480 e. The van der Waals surface area contributed by atoms with Crippen molar-refractivity contribution in [3.05, 3.63) is 41.1 Å². The first kappa shape index (κ1) is 14.6. The molecule has 1 saturated heterocycles. The Balaban J connectivity index is 2.00. The van der Waals surface area contributed by atoms with E-state index in [9.17, 15) is 9.59 Å². The average Bonchev–Trinajstić information content (AvgIpc) is 2.75. The van der Waals surface area contributed by atoms with Gasteiger partial charge in [-0.05, 0) is 12.1 Å². The molecule has 2 heterocycles. The van der Waals surface area contributed by atoms with Crippen LogP contribution in [0.3, 0.4) is 0 Å². The summed E-state index contributed by atoms with van der Waals surface area (Å²) in [5.74, 6) is -1.51. The number of hydrogen-bond acceptors (Lipinski definition) is 6. The molecule has 1 aliphatic heterocycles. The molecule has 0 atom stereocenters. The van der Waals surface area contributed by atoms with Crippen LogP contribution in [0.25, 0.3) is 17.1 Å². The first-order chi connectivity index (χ1) is 10.6. The molecule has 1 aromatic carbocycles. The number of thiocarbonyl (C=S) groups is 1. The number of thioether (sulfide) groups is 1. The topological polar surface area (TPSA) is 83.4 Å². The van der Waals surface area contributed by atoms with Gasteiger partial charge in [-0.25, -0.2) is 0 Å². The number of fused-ring (bicyclic) bond motifs is 1. The van der Waals surface area contributed by atoms with E-state index < -0.39 is 18.4 Å². The molecule has 0 radical (unpaired) electrons. The molecular formula is C14H9N3O3S2. The lowest BCUT2D eigenvalue weighted by Crippen LogP contribution is -2.33. The van der Waals surface area contributed by atoms with E-state index >= 15 is 0 Å². The van der Waals surface area contributed by atoms with Crippen molar-refractivity contribution in [3.63, 3.8) is 0 Å². The van der Waals surface area contributed by atoms with Crippen molar-refractivity contribution in [2.75, 3.05) is 6.54 Å². The Morgan fingerprint density at radius 1 is 1.36 bits per heavy atom. The van der Waals surface area contributed by atoms with E-state index in [0.29, 0.717) is 10.4 Å². The second-order valence-corrected chi connectivity index (χ2v) is 6.11. The quantitative estimate of drug-likeness (QED) is 0.679. The average molecular weight is 331 g/mol. The Morgan fingerprint density at radius 2 is 2.14 bits per heavy atom. The third kappa shape index (κ3) is 2.70. The zero-order valence-electron chi connectivity index (χ0n) is 11.1. The van der Waals surface area contributed by atoms with E-state index in [4.69, 9.17) is 17.3 Å². The highest BCUT2D eigenvalue weighted by atomic mass is 32.2. The normalized spacial score (nSPS) is 16.7. The monoisotopic (exact) mass is 331 g/mol. The number of rotatable bonds is 3. The fourth-order valence-electron chi connectivity index (χ4n) is 2.04. The van der Waals surface area contributed by atoms with E-state index in [-0.39, 0.29) is 4.32 Å². The predicted octanol–water partition coefficient (Wildman–Crippen LogP) is 1.92. The fourth-order valence-corrected chi connectivity index (χ4v) is 3.29. The molecule has 6 nitrogen and oxygen atoms in total. The van der Waals surface area contributed by atoms with Gasteiger partial charge in [0.05, 0.1) is 15.9 Å². The zero-order valence-corrected chi connectivity index (χ0v) is 12.7. The molecule has 0 saturated carbocycles. The van der Waals surface area contributed by atoms with Crippen molar-refractivity contribution < 1.29 is 14.7 Å². The Hall–Kier alpha value is -2.32. The predicted molar refractivity (Wildman–Crippen MR) is 87.1 cm³/mol. The molecule has 22 heavy (non-hydrogen) atoms. The van der Waals surface area contributed by atoms with Crippen LogP contribution in [0.1, 0.15) is 5.56 Å². The highest BCUT2D eigenvalue weighted by molar-refractivity contribution is 8.26. The van der Waals surface area contributed by atoms with Crippen LogP contribution in [0.4, 0.5) is 0 Å². The molecule has 3 rings (SSSR count). The summed E-state index contributed by atoms with van der Waals surface area (Å²) >= 11 is 6.15. The van der Waals surface area contributed by atoms with E-state index in [1.807, 2.05) is 18.2 Å². The number of para-hydroxylation sites is 1. The van der Waals surface area contributed by atoms with Gasteiger partial charge in [0.25, 0.3) is 5.91 Å². The fraction of sp³-hybridized carbons (Fsp3) is 0.0714. The van der Waals surface area contributed by atoms with Crippen molar-refractivity contribution in [1.29, 1.82) is 0 Å². The summed E-state index contributed by atoms with van der Waals surface area (Å²) in [6.45, 7) is -0.433. The van der Waals surface area contributed by atoms with Crippen LogP contribution in [0, 0.1) is 0 Å². The standard InChI is InChI=1S/C14H9N3O3S2/c18-11(19)7-17-13(20)10(22-14(17)21)6-8-2-1-3-9-12(8)16-5-4-15-9/h1-6H,7H2,(H,18,19)/b10-6-. The van der Waals surface area contributed by atoms with Gasteiger partial charge in [-0.15, -0.1) is 0 Å². The maximum atomic E-state index is 12.2. The van der Waals surface area contributed by atoms with Crippen molar-refractivity contribution in [1.82, 2.24) is 14.9 Å². The maximum Gasteiger partial charge on any atom is 0.323 e. The van der Waals surface area contributed by atoms with Crippen molar-refractivity contribution in [3.8, 4) is 0 Å². The minimum atomic E-state index is -1.10. The summed E-state index contributed by atoms with van der Waals surface area (Å²) in [6.07, 6.45) is 4.84.